The molecule has 43 heavy (non-hydrogen) atoms. The molecule has 0 spiro atoms. The average molecular weight is 761 g/mol. The van der Waals surface area contributed by atoms with E-state index in [2.05, 4.69) is 43.2 Å². The summed E-state index contributed by atoms with van der Waals surface area (Å²) < 4.78 is 13.9. The molecule has 0 aliphatic carbocycles. The molecule has 4 rings (SSSR count). The minimum atomic E-state index is -0.464. The summed E-state index contributed by atoms with van der Waals surface area (Å²) in [6, 6.07) is 16.0. The van der Waals surface area contributed by atoms with Crippen LogP contribution in [0, 0.1) is 6.92 Å². The van der Waals surface area contributed by atoms with E-state index in [4.69, 9.17) is 21.1 Å². The molecule has 2 heterocycles. The number of fused-ring (bicyclic) bond motifs is 3. The average Bonchev–Trinajstić information content (AvgIpc) is 3.34. The third-order valence-electron chi connectivity index (χ3n) is 6.40. The molecule has 1 aromatic heterocycles. The molecule has 0 saturated heterocycles. The van der Waals surface area contributed by atoms with E-state index >= 15 is 0 Å². The van der Waals surface area contributed by atoms with E-state index in [0.29, 0.717) is 49.5 Å². The topological polar surface area (TPSA) is 165 Å². The van der Waals surface area contributed by atoms with Crippen molar-refractivity contribution in [3.05, 3.63) is 88.7 Å². The Hall–Kier alpha value is -3.50. The zero-order valence-corrected chi connectivity index (χ0v) is 28.4. The van der Waals surface area contributed by atoms with Crippen LogP contribution < -0.4 is 22.0 Å². The van der Waals surface area contributed by atoms with Gasteiger partial charge in [0.15, 0.2) is 5.84 Å². The fourth-order valence-electron chi connectivity index (χ4n) is 4.66. The summed E-state index contributed by atoms with van der Waals surface area (Å²) in [7, 11) is 4.71. The van der Waals surface area contributed by atoms with E-state index in [1.54, 1.807) is 14.2 Å². The second-order valence-corrected chi connectivity index (χ2v) is 9.90. The molecular formula is C31H42N7O4W-3. The van der Waals surface area contributed by atoms with Crippen LogP contribution >= 0.6 is 0 Å². The van der Waals surface area contributed by atoms with Gasteiger partial charge in [-0.2, -0.15) is 6.07 Å². The third kappa shape index (κ3) is 10.3. The summed E-state index contributed by atoms with van der Waals surface area (Å²) in [5, 5.41) is 8.50. The molecular weight excluding hydrogens is 718 g/mol. The van der Waals surface area contributed by atoms with Gasteiger partial charge in [0.2, 0.25) is 0 Å². The molecule has 0 radical (unpaired) electrons. The van der Waals surface area contributed by atoms with E-state index in [1.807, 2.05) is 53.1 Å². The summed E-state index contributed by atoms with van der Waals surface area (Å²) in [6.45, 7) is 8.94. The predicted molar refractivity (Wildman–Crippen MR) is 166 cm³/mol. The number of hydrazine groups is 1. The van der Waals surface area contributed by atoms with Gasteiger partial charge >= 0.3 is 0 Å². The van der Waals surface area contributed by atoms with Crippen LogP contribution in [0.3, 0.4) is 0 Å². The second kappa shape index (κ2) is 18.2. The minimum absolute atomic E-state index is 0. The van der Waals surface area contributed by atoms with Crippen LogP contribution in [0.15, 0.2) is 53.6 Å². The molecule has 2 aromatic carbocycles. The van der Waals surface area contributed by atoms with Crippen LogP contribution in [0.5, 0.6) is 5.75 Å². The molecule has 1 aliphatic rings. The predicted octanol–water partition coefficient (Wildman–Crippen LogP) is 3.06. The second-order valence-electron chi connectivity index (χ2n) is 9.90. The summed E-state index contributed by atoms with van der Waals surface area (Å²) in [4.78, 5) is 21.0. The van der Waals surface area contributed by atoms with Gasteiger partial charge in [-0.05, 0) is 57.0 Å². The van der Waals surface area contributed by atoms with Gasteiger partial charge in [-0.15, -0.1) is 10.7 Å². The first-order valence-corrected chi connectivity index (χ1v) is 13.4. The zero-order chi connectivity index (χ0) is 31.3. The molecule has 0 fully saturated rings. The number of ether oxygens (including phenoxy) is 2. The SMILES string of the molecule is CN.COc1cc2c(cc1/C(N)=N/N(C)N)-c1c(CC(C)(C)OCc3ccccc3)cc([C-]=O)n1CC2.[CH2-]C[N-]C=O.[W]. The largest absolute Gasteiger partial charge is 0.681 e. The molecule has 0 saturated carbocycles. The van der Waals surface area contributed by atoms with Gasteiger partial charge in [-0.1, -0.05) is 36.0 Å². The fourth-order valence-corrected chi connectivity index (χ4v) is 4.66. The molecule has 11 nitrogen and oxygen atoms in total. The molecule has 1 amide bonds. The van der Waals surface area contributed by atoms with Gasteiger partial charge < -0.3 is 47.3 Å². The summed E-state index contributed by atoms with van der Waals surface area (Å²) in [5.74, 6) is 6.56. The fraction of sp³-hybridized carbons (Fsp3) is 0.355. The number of hydrogen-bond donors (Lipinski definition) is 3. The minimum Gasteiger partial charge on any atom is -0.681 e. The Kier molecular flexibility index (Phi) is 15.9. The van der Waals surface area contributed by atoms with Gasteiger partial charge in [-0.3, -0.25) is 6.54 Å². The normalized spacial score (nSPS) is 11.7. The van der Waals surface area contributed by atoms with E-state index in [0.717, 1.165) is 39.5 Å². The molecule has 12 heteroatoms. The Morgan fingerprint density at radius 2 is 1.91 bits per heavy atom. The van der Waals surface area contributed by atoms with Gasteiger partial charge in [0.05, 0.1) is 24.9 Å². The van der Waals surface area contributed by atoms with E-state index in [9.17, 15) is 9.59 Å². The molecule has 234 valence electrons. The van der Waals surface area contributed by atoms with Crippen LogP contribution in [-0.4, -0.2) is 61.6 Å². The number of methoxy groups -OCH3 is 1. The number of nitrogens with two attached hydrogens (primary N) is 3. The van der Waals surface area contributed by atoms with E-state index in [1.165, 1.54) is 7.05 Å². The number of hydrazone groups is 1. The van der Waals surface area contributed by atoms with Gasteiger partial charge in [0.25, 0.3) is 0 Å². The van der Waals surface area contributed by atoms with Gasteiger partial charge in [0, 0.05) is 58.6 Å². The zero-order valence-electron chi connectivity index (χ0n) is 25.5. The maximum Gasteiger partial charge on any atom is 0.156 e. The molecule has 6 N–H and O–H groups in total. The van der Waals surface area contributed by atoms with Crippen LogP contribution in [0.4, 0.5) is 0 Å². The summed E-state index contributed by atoms with van der Waals surface area (Å²) >= 11 is 0. The molecule has 1 aliphatic heterocycles. The van der Waals surface area contributed by atoms with Crippen molar-refractivity contribution in [2.24, 2.45) is 22.4 Å². The van der Waals surface area contributed by atoms with Gasteiger partial charge in [0.1, 0.15) is 5.75 Å². The van der Waals surface area contributed by atoms with Gasteiger partial charge in [-0.25, -0.2) is 11.0 Å². The van der Waals surface area contributed by atoms with E-state index in [-0.39, 0.29) is 26.9 Å². The van der Waals surface area contributed by atoms with Crippen molar-refractivity contribution in [3.63, 3.8) is 0 Å². The van der Waals surface area contributed by atoms with Crippen molar-refractivity contribution < 1.29 is 40.1 Å². The molecule has 0 bridgehead atoms. The van der Waals surface area contributed by atoms with Crippen molar-refractivity contribution in [2.45, 2.75) is 45.4 Å². The Bertz CT molecular complexity index is 1340. The van der Waals surface area contributed by atoms with Crippen molar-refractivity contribution in [1.29, 1.82) is 0 Å². The maximum atomic E-state index is 11.8. The quantitative estimate of drug-likeness (QED) is 0.0671. The number of aromatic nitrogens is 1. The number of amides is 1. The number of rotatable bonds is 11. The number of amidine groups is 1. The number of nitrogens with zero attached hydrogens (tertiary/aromatic N) is 4. The third-order valence-corrected chi connectivity index (χ3v) is 6.40. The van der Waals surface area contributed by atoms with Crippen LogP contribution in [0.2, 0.25) is 0 Å². The van der Waals surface area contributed by atoms with Crippen LogP contribution in [0.25, 0.3) is 16.6 Å². The molecule has 0 unspecified atom stereocenters. The maximum absolute atomic E-state index is 11.8. The first-order valence-electron chi connectivity index (χ1n) is 13.4. The smallest absolute Gasteiger partial charge is 0.156 e. The van der Waals surface area contributed by atoms with Crippen LogP contribution in [-0.2, 0) is 61.4 Å². The number of hydrogen-bond acceptors (Lipinski definition) is 8. The molecule has 3 aromatic rings. The summed E-state index contributed by atoms with van der Waals surface area (Å²) in [5.41, 5.74) is 16.7. The van der Waals surface area contributed by atoms with Crippen molar-refractivity contribution in [1.82, 2.24) is 9.69 Å². The van der Waals surface area contributed by atoms with Crippen molar-refractivity contribution in [2.75, 3.05) is 27.7 Å². The number of aryl methyl sites for hydroxylation is 1. The van der Waals surface area contributed by atoms with Crippen LogP contribution in [0.1, 0.15) is 41.8 Å². The summed E-state index contributed by atoms with van der Waals surface area (Å²) in [6.07, 6.45) is 3.98. The number of carbonyl (C=O) groups is 1. The van der Waals surface area contributed by atoms with Crippen molar-refractivity contribution >= 4 is 18.5 Å². The monoisotopic (exact) mass is 760 g/mol. The Balaban J connectivity index is 0.00000105. The van der Waals surface area contributed by atoms with Crippen molar-refractivity contribution in [3.8, 4) is 17.0 Å². The Labute approximate surface area is 269 Å². The standard InChI is InChI=1S/C27H32N5O3.C3H6NO.CH5N.W/c1-27(2,35-17-18-8-6-5-7-9-18)15-20-12-21(16-33)32-11-10-19-13-24(34-4)23(14-22(19)25(20)32)26(28)30-31(3)29;1-2-4-3-5;1-2;/h5-9,12-14H,10-11,15,17,29H2,1-4H3,(H2,28,30);3H,1-2H2,(H,4,5);2H2,1H3;/q2*-1;;/p-1. The number of carbonyl (C=O) groups excluding carboxylic acids is 2. The number of benzene rings is 2. The van der Waals surface area contributed by atoms with E-state index < -0.39 is 5.60 Å². The first-order chi connectivity index (χ1) is 20.1. The molecule has 0 atom stereocenters. The Morgan fingerprint density at radius 1 is 1.23 bits per heavy atom. The Morgan fingerprint density at radius 3 is 2.44 bits per heavy atom. The first kappa shape index (κ1) is 37.5.